The molecule has 0 radical (unpaired) electrons. The van der Waals surface area contributed by atoms with Gasteiger partial charge >= 0.3 is 0 Å². The van der Waals surface area contributed by atoms with Gasteiger partial charge in [-0.15, -0.1) is 5.10 Å². The fourth-order valence-electron chi connectivity index (χ4n) is 5.20. The number of hydrogen-bond acceptors (Lipinski definition) is 10. The van der Waals surface area contributed by atoms with Crippen molar-refractivity contribution in [2.24, 2.45) is 0 Å². The van der Waals surface area contributed by atoms with Crippen molar-refractivity contribution >= 4 is 21.7 Å². The maximum absolute atomic E-state index is 15.7. The number of halogens is 2. The molecule has 1 saturated carbocycles. The first-order valence-electron chi connectivity index (χ1n) is 13.4. The van der Waals surface area contributed by atoms with Crippen LogP contribution in [0.25, 0.3) is 0 Å². The summed E-state index contributed by atoms with van der Waals surface area (Å²) in [6.07, 6.45) is 6.48. The number of ether oxygens (including phenoxy) is 3. The first-order valence-corrected chi connectivity index (χ1v) is 14.9. The summed E-state index contributed by atoms with van der Waals surface area (Å²) in [5, 5.41) is 7.68. The fraction of sp³-hybridized carbons (Fsp3) is 0.310. The molecular formula is C29H30F2N6O5S. The molecule has 4 aromatic rings. The van der Waals surface area contributed by atoms with Gasteiger partial charge in [0.15, 0.2) is 11.6 Å². The standard InChI is InChI=1S/C29H30F2N6O5S/c1-40-19-8-7-18(25(13-19)41-2)16-37(28-10-11-33-17-34-28)43(38,39)27-15-22(30)26(14-23(27)31)42-24-6-4-3-5-20(24)21-9-12-35-36-29(21)32/h7-15,17,20,24H,3-6,16H2,1-2H3,(H2,32,36). The molecule has 11 nitrogen and oxygen atoms in total. The number of rotatable bonds is 10. The minimum Gasteiger partial charge on any atom is -0.497 e. The minimum atomic E-state index is -4.70. The Morgan fingerprint density at radius 3 is 2.51 bits per heavy atom. The molecule has 2 heterocycles. The Hall–Kier alpha value is -4.59. The highest BCUT2D eigenvalue weighted by Gasteiger charge is 2.34. The first kappa shape index (κ1) is 29.9. The Morgan fingerprint density at radius 1 is 0.977 bits per heavy atom. The molecule has 14 heteroatoms. The van der Waals surface area contributed by atoms with Gasteiger partial charge in [0.05, 0.1) is 27.0 Å². The van der Waals surface area contributed by atoms with Crippen LogP contribution in [0.2, 0.25) is 0 Å². The van der Waals surface area contributed by atoms with E-state index in [0.29, 0.717) is 41.5 Å². The third-order valence-electron chi connectivity index (χ3n) is 7.35. The van der Waals surface area contributed by atoms with Crippen molar-refractivity contribution in [1.29, 1.82) is 0 Å². The average Bonchev–Trinajstić information content (AvgIpc) is 3.02. The molecule has 2 unspecified atom stereocenters. The summed E-state index contributed by atoms with van der Waals surface area (Å²) in [4.78, 5) is 7.01. The Bertz CT molecular complexity index is 1700. The Kier molecular flexibility index (Phi) is 8.85. The van der Waals surface area contributed by atoms with Gasteiger partial charge in [0.1, 0.15) is 46.3 Å². The highest BCUT2D eigenvalue weighted by molar-refractivity contribution is 7.92. The number of methoxy groups -OCH3 is 2. The largest absolute Gasteiger partial charge is 0.497 e. The molecule has 2 atom stereocenters. The lowest BCUT2D eigenvalue weighted by Crippen LogP contribution is -2.32. The molecule has 1 aliphatic carbocycles. The zero-order chi connectivity index (χ0) is 30.6. The minimum absolute atomic E-state index is 0.0541. The smallest absolute Gasteiger partial charge is 0.268 e. The second-order valence-corrected chi connectivity index (χ2v) is 11.7. The van der Waals surface area contributed by atoms with Gasteiger partial charge in [-0.1, -0.05) is 6.42 Å². The predicted molar refractivity (Wildman–Crippen MR) is 153 cm³/mol. The summed E-state index contributed by atoms with van der Waals surface area (Å²) < 4.78 is 76.5. The Labute approximate surface area is 247 Å². The van der Waals surface area contributed by atoms with E-state index in [1.165, 1.54) is 32.7 Å². The van der Waals surface area contributed by atoms with E-state index in [9.17, 15) is 8.42 Å². The van der Waals surface area contributed by atoms with Crippen LogP contribution in [0.3, 0.4) is 0 Å². The Morgan fingerprint density at radius 2 is 1.79 bits per heavy atom. The van der Waals surface area contributed by atoms with Crippen LogP contribution in [-0.2, 0) is 16.6 Å². The van der Waals surface area contributed by atoms with Crippen molar-refractivity contribution in [2.45, 2.75) is 49.1 Å². The highest BCUT2D eigenvalue weighted by Crippen LogP contribution is 2.39. The van der Waals surface area contributed by atoms with Crippen molar-refractivity contribution < 1.29 is 31.4 Å². The number of nitrogens with zero attached hydrogens (tertiary/aromatic N) is 5. The predicted octanol–water partition coefficient (Wildman–Crippen LogP) is 4.64. The topological polar surface area (TPSA) is 143 Å². The van der Waals surface area contributed by atoms with Gasteiger partial charge in [0, 0.05) is 47.5 Å². The number of hydrogen-bond donors (Lipinski definition) is 1. The van der Waals surface area contributed by atoms with Crippen LogP contribution in [0.15, 0.2) is 66.1 Å². The molecule has 43 heavy (non-hydrogen) atoms. The molecule has 1 fully saturated rings. The number of nitrogens with two attached hydrogens (primary N) is 1. The monoisotopic (exact) mass is 612 g/mol. The molecule has 2 N–H and O–H groups in total. The number of benzene rings is 2. The van der Waals surface area contributed by atoms with E-state index in [1.54, 1.807) is 24.3 Å². The van der Waals surface area contributed by atoms with Crippen LogP contribution in [0, 0.1) is 11.6 Å². The molecule has 0 aliphatic heterocycles. The zero-order valence-corrected chi connectivity index (χ0v) is 24.3. The van der Waals surface area contributed by atoms with E-state index in [-0.39, 0.29) is 24.1 Å². The summed E-state index contributed by atoms with van der Waals surface area (Å²) in [6.45, 7) is -0.309. The lowest BCUT2D eigenvalue weighted by atomic mass is 9.82. The number of sulfonamides is 1. The van der Waals surface area contributed by atoms with Gasteiger partial charge in [-0.25, -0.2) is 31.5 Å². The van der Waals surface area contributed by atoms with Crippen molar-refractivity contribution in [1.82, 2.24) is 20.2 Å². The first-order chi connectivity index (χ1) is 20.7. The van der Waals surface area contributed by atoms with Gasteiger partial charge in [-0.2, -0.15) is 5.10 Å². The third kappa shape index (κ3) is 6.28. The lowest BCUT2D eigenvalue weighted by Gasteiger charge is -2.32. The van der Waals surface area contributed by atoms with E-state index in [1.807, 2.05) is 0 Å². The zero-order valence-electron chi connectivity index (χ0n) is 23.5. The summed E-state index contributed by atoms with van der Waals surface area (Å²) >= 11 is 0. The third-order valence-corrected chi connectivity index (χ3v) is 9.11. The summed E-state index contributed by atoms with van der Waals surface area (Å²) in [6, 6.07) is 9.29. The summed E-state index contributed by atoms with van der Waals surface area (Å²) in [5.41, 5.74) is 7.18. The lowest BCUT2D eigenvalue weighted by molar-refractivity contribution is 0.124. The molecule has 5 rings (SSSR count). The number of anilines is 2. The quantitative estimate of drug-likeness (QED) is 0.269. The van der Waals surface area contributed by atoms with Crippen LogP contribution in [0.1, 0.15) is 42.7 Å². The highest BCUT2D eigenvalue weighted by atomic mass is 32.2. The summed E-state index contributed by atoms with van der Waals surface area (Å²) in [7, 11) is -1.80. The number of nitrogen functional groups attached to an aromatic ring is 1. The van der Waals surface area contributed by atoms with Crippen molar-refractivity contribution in [2.75, 3.05) is 24.3 Å². The maximum Gasteiger partial charge on any atom is 0.268 e. The van der Waals surface area contributed by atoms with Crippen LogP contribution in [0.4, 0.5) is 20.4 Å². The average molecular weight is 613 g/mol. The van der Waals surface area contributed by atoms with E-state index < -0.39 is 38.4 Å². The Balaban J connectivity index is 1.49. The van der Waals surface area contributed by atoms with Gasteiger partial charge in [-0.05, 0) is 37.5 Å². The van der Waals surface area contributed by atoms with Gasteiger partial charge < -0.3 is 19.9 Å². The molecule has 226 valence electrons. The van der Waals surface area contributed by atoms with Gasteiger partial charge in [0.2, 0.25) is 0 Å². The molecule has 0 saturated heterocycles. The second kappa shape index (κ2) is 12.7. The second-order valence-electron chi connectivity index (χ2n) is 9.89. The molecule has 0 bridgehead atoms. The van der Waals surface area contributed by atoms with Crippen molar-refractivity contribution in [3.8, 4) is 17.2 Å². The van der Waals surface area contributed by atoms with E-state index in [0.717, 1.165) is 29.5 Å². The van der Waals surface area contributed by atoms with E-state index in [4.69, 9.17) is 19.9 Å². The molecular weight excluding hydrogens is 582 g/mol. The van der Waals surface area contributed by atoms with Gasteiger partial charge in [-0.3, -0.25) is 0 Å². The van der Waals surface area contributed by atoms with Crippen LogP contribution in [0.5, 0.6) is 17.2 Å². The molecule has 0 amide bonds. The van der Waals surface area contributed by atoms with Crippen molar-refractivity contribution in [3.05, 3.63) is 83.9 Å². The fourth-order valence-corrected chi connectivity index (χ4v) is 6.66. The van der Waals surface area contributed by atoms with E-state index >= 15 is 8.78 Å². The summed E-state index contributed by atoms with van der Waals surface area (Å²) in [5.74, 6) is -1.83. The van der Waals surface area contributed by atoms with Crippen LogP contribution in [-0.4, -0.2) is 48.9 Å². The maximum atomic E-state index is 15.7. The van der Waals surface area contributed by atoms with Crippen LogP contribution >= 0.6 is 0 Å². The molecule has 2 aromatic carbocycles. The molecule has 0 spiro atoms. The normalized spacial score (nSPS) is 16.8. The SMILES string of the molecule is COc1ccc(CN(c2ccncn2)S(=O)(=O)c2cc(F)c(OC3CCCCC3c3ccnnc3N)cc2F)c(OC)c1. The van der Waals surface area contributed by atoms with Crippen LogP contribution < -0.4 is 24.2 Å². The molecule has 2 aromatic heterocycles. The van der Waals surface area contributed by atoms with Crippen molar-refractivity contribution in [3.63, 3.8) is 0 Å². The molecule has 1 aliphatic rings. The van der Waals surface area contributed by atoms with Gasteiger partial charge in [0.25, 0.3) is 10.0 Å². The van der Waals surface area contributed by atoms with E-state index in [2.05, 4.69) is 20.2 Å². The number of aromatic nitrogens is 4.